The van der Waals surface area contributed by atoms with Gasteiger partial charge in [0.05, 0.1) is 5.60 Å². The molecule has 0 heterocycles. The second kappa shape index (κ2) is 3.77. The maximum Gasteiger partial charge on any atom is 0.0657 e. The summed E-state index contributed by atoms with van der Waals surface area (Å²) >= 11 is 0. The first-order chi connectivity index (χ1) is 4.48. The third kappa shape index (κ3) is 4.57. The highest BCUT2D eigenvalue weighted by Crippen LogP contribution is 2.14. The van der Waals surface area contributed by atoms with Crippen LogP contribution in [-0.2, 0) is 4.74 Å². The third-order valence-corrected chi connectivity index (χ3v) is 1.55. The van der Waals surface area contributed by atoms with Gasteiger partial charge in [-0.3, -0.25) is 0 Å². The van der Waals surface area contributed by atoms with Crippen LogP contribution < -0.4 is 0 Å². The largest absolute Gasteiger partial charge is 0.378 e. The van der Waals surface area contributed by atoms with Gasteiger partial charge in [0, 0.05) is 7.11 Å². The lowest BCUT2D eigenvalue weighted by Crippen LogP contribution is -2.20. The maximum atomic E-state index is 5.24. The van der Waals surface area contributed by atoms with Gasteiger partial charge in [-0.2, -0.15) is 0 Å². The van der Waals surface area contributed by atoms with E-state index in [1.807, 2.05) is 0 Å². The summed E-state index contributed by atoms with van der Waals surface area (Å²) in [6, 6.07) is 0. The molecule has 0 aromatic rings. The molecule has 10 heavy (non-hydrogen) atoms. The molecule has 0 aliphatic heterocycles. The lowest BCUT2D eigenvalue weighted by Gasteiger charge is -2.20. The highest BCUT2D eigenvalue weighted by Gasteiger charge is 2.13. The van der Waals surface area contributed by atoms with Gasteiger partial charge in [0.15, 0.2) is 0 Å². The molecular formula is C9H18O. The summed E-state index contributed by atoms with van der Waals surface area (Å²) in [6.45, 7) is 8.39. The van der Waals surface area contributed by atoms with Gasteiger partial charge in [0.2, 0.25) is 0 Å². The number of hydrogen-bond donors (Lipinski definition) is 0. The SMILES string of the molecule is COC(C)(C)CC=C(C)C. The summed E-state index contributed by atoms with van der Waals surface area (Å²) in [7, 11) is 1.75. The number of rotatable bonds is 3. The minimum absolute atomic E-state index is 0.00271. The zero-order valence-electron chi connectivity index (χ0n) is 7.69. The quantitative estimate of drug-likeness (QED) is 0.550. The van der Waals surface area contributed by atoms with Gasteiger partial charge < -0.3 is 4.74 Å². The fourth-order valence-electron chi connectivity index (χ4n) is 0.533. The van der Waals surface area contributed by atoms with E-state index in [0.717, 1.165) is 6.42 Å². The van der Waals surface area contributed by atoms with Crippen LogP contribution in [0.4, 0.5) is 0 Å². The highest BCUT2D eigenvalue weighted by molar-refractivity contribution is 4.96. The molecule has 0 fully saturated rings. The molecule has 0 aromatic carbocycles. The van der Waals surface area contributed by atoms with E-state index in [1.54, 1.807) is 7.11 Å². The Morgan fingerprint density at radius 3 is 2.20 bits per heavy atom. The molecule has 0 N–H and O–H groups in total. The zero-order valence-corrected chi connectivity index (χ0v) is 7.69. The Labute approximate surface area is 64.1 Å². The lowest BCUT2D eigenvalue weighted by molar-refractivity contribution is 0.0253. The molecule has 0 aromatic heterocycles. The van der Waals surface area contributed by atoms with Crippen molar-refractivity contribution in [1.29, 1.82) is 0 Å². The van der Waals surface area contributed by atoms with Crippen LogP contribution in [0.1, 0.15) is 34.1 Å². The smallest absolute Gasteiger partial charge is 0.0657 e. The first kappa shape index (κ1) is 9.70. The Bertz CT molecular complexity index is 119. The first-order valence-corrected chi connectivity index (χ1v) is 3.66. The molecule has 0 radical (unpaired) electrons. The monoisotopic (exact) mass is 142 g/mol. The third-order valence-electron chi connectivity index (χ3n) is 1.55. The van der Waals surface area contributed by atoms with Crippen LogP contribution in [0.2, 0.25) is 0 Å². The molecule has 0 aliphatic carbocycles. The van der Waals surface area contributed by atoms with Gasteiger partial charge in [-0.05, 0) is 34.1 Å². The molecule has 0 atom stereocenters. The predicted molar refractivity (Wildman–Crippen MR) is 45.1 cm³/mol. The molecule has 60 valence electrons. The molecule has 0 bridgehead atoms. The van der Waals surface area contributed by atoms with Gasteiger partial charge in [-0.15, -0.1) is 0 Å². The molecule has 0 unspecified atom stereocenters. The molecule has 0 rings (SSSR count). The number of hydrogen-bond acceptors (Lipinski definition) is 1. The average Bonchev–Trinajstić information content (AvgIpc) is 1.85. The predicted octanol–water partition coefficient (Wildman–Crippen LogP) is 2.77. The Morgan fingerprint density at radius 2 is 1.90 bits per heavy atom. The molecule has 1 heteroatoms. The van der Waals surface area contributed by atoms with Crippen LogP contribution in [0.5, 0.6) is 0 Å². The number of methoxy groups -OCH3 is 1. The number of allylic oxidation sites excluding steroid dienone is 1. The van der Waals surface area contributed by atoms with Crippen molar-refractivity contribution in [3.63, 3.8) is 0 Å². The van der Waals surface area contributed by atoms with E-state index in [1.165, 1.54) is 5.57 Å². The number of ether oxygens (including phenoxy) is 1. The second-order valence-corrected chi connectivity index (χ2v) is 3.45. The normalized spacial score (nSPS) is 11.3. The van der Waals surface area contributed by atoms with Crippen molar-refractivity contribution in [3.05, 3.63) is 11.6 Å². The summed E-state index contributed by atoms with van der Waals surface area (Å²) in [6.07, 6.45) is 3.19. The van der Waals surface area contributed by atoms with Crippen LogP contribution in [0.25, 0.3) is 0 Å². The van der Waals surface area contributed by atoms with E-state index in [0.29, 0.717) is 0 Å². The highest BCUT2D eigenvalue weighted by atomic mass is 16.5. The van der Waals surface area contributed by atoms with E-state index in [9.17, 15) is 0 Å². The van der Waals surface area contributed by atoms with E-state index < -0.39 is 0 Å². The fraction of sp³-hybridized carbons (Fsp3) is 0.778. The van der Waals surface area contributed by atoms with Crippen LogP contribution in [0.15, 0.2) is 11.6 Å². The van der Waals surface area contributed by atoms with Crippen molar-refractivity contribution in [1.82, 2.24) is 0 Å². The van der Waals surface area contributed by atoms with Crippen molar-refractivity contribution >= 4 is 0 Å². The molecule has 0 spiro atoms. The van der Waals surface area contributed by atoms with Crippen molar-refractivity contribution < 1.29 is 4.74 Å². The summed E-state index contributed by atoms with van der Waals surface area (Å²) in [4.78, 5) is 0. The minimum Gasteiger partial charge on any atom is -0.378 e. The van der Waals surface area contributed by atoms with Gasteiger partial charge in [0.1, 0.15) is 0 Å². The molecule has 1 nitrogen and oxygen atoms in total. The molecule has 0 saturated heterocycles. The van der Waals surface area contributed by atoms with Gasteiger partial charge in [-0.25, -0.2) is 0 Å². The Balaban J connectivity index is 3.78. The average molecular weight is 142 g/mol. The second-order valence-electron chi connectivity index (χ2n) is 3.45. The van der Waals surface area contributed by atoms with Gasteiger partial charge in [-0.1, -0.05) is 11.6 Å². The zero-order chi connectivity index (χ0) is 8.20. The van der Waals surface area contributed by atoms with E-state index in [-0.39, 0.29) is 5.60 Å². The fourth-order valence-corrected chi connectivity index (χ4v) is 0.533. The van der Waals surface area contributed by atoms with Crippen LogP contribution in [0.3, 0.4) is 0 Å². The van der Waals surface area contributed by atoms with E-state index >= 15 is 0 Å². The van der Waals surface area contributed by atoms with Crippen LogP contribution in [-0.4, -0.2) is 12.7 Å². The molecule has 0 saturated carbocycles. The molecular weight excluding hydrogens is 124 g/mol. The van der Waals surface area contributed by atoms with Crippen molar-refractivity contribution in [2.24, 2.45) is 0 Å². The first-order valence-electron chi connectivity index (χ1n) is 3.66. The van der Waals surface area contributed by atoms with Gasteiger partial charge >= 0.3 is 0 Å². The summed E-state index contributed by atoms with van der Waals surface area (Å²) in [5, 5.41) is 0. The van der Waals surface area contributed by atoms with Crippen molar-refractivity contribution in [2.75, 3.05) is 7.11 Å². The Morgan fingerprint density at radius 1 is 1.40 bits per heavy atom. The standard InChI is InChI=1S/C9H18O/c1-8(2)6-7-9(3,4)10-5/h6H,7H2,1-5H3. The van der Waals surface area contributed by atoms with Gasteiger partial charge in [0.25, 0.3) is 0 Å². The summed E-state index contributed by atoms with van der Waals surface area (Å²) < 4.78 is 5.24. The topological polar surface area (TPSA) is 9.23 Å². The van der Waals surface area contributed by atoms with Crippen LogP contribution in [0, 0.1) is 0 Å². The molecule has 0 amide bonds. The minimum atomic E-state index is -0.00271. The Kier molecular flexibility index (Phi) is 3.66. The van der Waals surface area contributed by atoms with Crippen molar-refractivity contribution in [2.45, 2.75) is 39.7 Å². The van der Waals surface area contributed by atoms with Crippen LogP contribution >= 0.6 is 0 Å². The lowest BCUT2D eigenvalue weighted by atomic mass is 10.0. The maximum absolute atomic E-state index is 5.24. The molecule has 0 aliphatic rings. The summed E-state index contributed by atoms with van der Waals surface area (Å²) in [5.74, 6) is 0. The van der Waals surface area contributed by atoms with Crippen molar-refractivity contribution in [3.8, 4) is 0 Å². The van der Waals surface area contributed by atoms with E-state index in [2.05, 4.69) is 33.8 Å². The van der Waals surface area contributed by atoms with E-state index in [4.69, 9.17) is 4.74 Å². The Hall–Kier alpha value is -0.300. The summed E-state index contributed by atoms with van der Waals surface area (Å²) in [5.41, 5.74) is 1.35.